The normalized spacial score (nSPS) is 21.9. The summed E-state index contributed by atoms with van der Waals surface area (Å²) in [5, 5.41) is 12.8. The molecule has 31 heavy (non-hydrogen) atoms. The molecule has 9 heteroatoms. The van der Waals surface area contributed by atoms with Gasteiger partial charge in [0, 0.05) is 29.5 Å². The van der Waals surface area contributed by atoms with E-state index in [4.69, 9.17) is 0 Å². The Bertz CT molecular complexity index is 944. The van der Waals surface area contributed by atoms with E-state index in [0.717, 1.165) is 43.5 Å². The van der Waals surface area contributed by atoms with Crippen LogP contribution in [0, 0.1) is 5.92 Å². The molecule has 166 valence electrons. The first-order valence-corrected chi connectivity index (χ1v) is 10.6. The van der Waals surface area contributed by atoms with Crippen LogP contribution >= 0.6 is 0 Å². The molecular formula is C22H25F3N4O2. The Morgan fingerprint density at radius 3 is 2.52 bits per heavy atom. The first kappa shape index (κ1) is 21.4. The van der Waals surface area contributed by atoms with Crippen molar-refractivity contribution < 1.29 is 22.8 Å². The van der Waals surface area contributed by atoms with Gasteiger partial charge in [0.25, 0.3) is 5.91 Å². The third kappa shape index (κ3) is 5.08. The van der Waals surface area contributed by atoms with Crippen LogP contribution in [0.3, 0.4) is 0 Å². The zero-order valence-corrected chi connectivity index (χ0v) is 17.0. The van der Waals surface area contributed by atoms with Crippen molar-refractivity contribution in [3.05, 3.63) is 47.2 Å². The zero-order chi connectivity index (χ0) is 22.0. The minimum Gasteiger partial charge on any atom is -0.349 e. The molecule has 2 aliphatic rings. The number of aromatic amines is 1. The minimum absolute atomic E-state index is 0.00856. The molecule has 2 aromatic rings. The van der Waals surface area contributed by atoms with Gasteiger partial charge < -0.3 is 10.6 Å². The number of H-pyrrole nitrogens is 1. The van der Waals surface area contributed by atoms with E-state index in [2.05, 4.69) is 20.8 Å². The number of anilines is 1. The van der Waals surface area contributed by atoms with Gasteiger partial charge in [-0.3, -0.25) is 14.7 Å². The third-order valence-electron chi connectivity index (χ3n) is 6.18. The summed E-state index contributed by atoms with van der Waals surface area (Å²) in [6.07, 6.45) is 2.00. The fraction of sp³-hybridized carbons (Fsp3) is 0.500. The van der Waals surface area contributed by atoms with Crippen molar-refractivity contribution in [3.63, 3.8) is 0 Å². The third-order valence-corrected chi connectivity index (χ3v) is 6.18. The topological polar surface area (TPSA) is 86.9 Å². The summed E-state index contributed by atoms with van der Waals surface area (Å²) < 4.78 is 38.5. The first-order valence-electron chi connectivity index (χ1n) is 10.6. The monoisotopic (exact) mass is 434 g/mol. The fourth-order valence-electron chi connectivity index (χ4n) is 4.29. The van der Waals surface area contributed by atoms with Crippen LogP contribution in [0.5, 0.6) is 0 Å². The van der Waals surface area contributed by atoms with Gasteiger partial charge in [0.05, 0.1) is 11.3 Å². The van der Waals surface area contributed by atoms with Gasteiger partial charge in [-0.15, -0.1) is 0 Å². The van der Waals surface area contributed by atoms with Gasteiger partial charge in [0.15, 0.2) is 0 Å². The van der Waals surface area contributed by atoms with E-state index >= 15 is 0 Å². The molecule has 3 N–H and O–H groups in total. The Morgan fingerprint density at radius 2 is 1.81 bits per heavy atom. The Labute approximate surface area is 178 Å². The quantitative estimate of drug-likeness (QED) is 0.642. The van der Waals surface area contributed by atoms with Crippen molar-refractivity contribution in [2.45, 2.75) is 63.1 Å². The second-order valence-electron chi connectivity index (χ2n) is 8.45. The molecule has 6 nitrogen and oxygen atoms in total. The Balaban J connectivity index is 1.27. The number of halogens is 3. The molecule has 0 saturated heterocycles. The molecule has 4 rings (SSSR count). The molecule has 0 unspecified atom stereocenters. The van der Waals surface area contributed by atoms with Crippen LogP contribution in [0.1, 0.15) is 72.5 Å². The lowest BCUT2D eigenvalue weighted by molar-refractivity contribution is -0.137. The number of carbonyl (C=O) groups excluding carboxylic acids is 2. The maximum Gasteiger partial charge on any atom is 0.416 e. The maximum atomic E-state index is 12.8. The first-order chi connectivity index (χ1) is 14.8. The highest BCUT2D eigenvalue weighted by Gasteiger charge is 2.34. The van der Waals surface area contributed by atoms with E-state index < -0.39 is 17.6 Å². The summed E-state index contributed by atoms with van der Waals surface area (Å²) >= 11 is 0. The highest BCUT2D eigenvalue weighted by molar-refractivity contribution is 5.94. The largest absolute Gasteiger partial charge is 0.416 e. The maximum absolute atomic E-state index is 12.8. The molecule has 0 atom stereocenters. The SMILES string of the molecule is O=C(N[C@H]1C[C@@H](c2cc(NC(=O)C3CCCCC3)[nH]n2)C1)c1cccc(C(F)(F)F)c1. The van der Waals surface area contributed by atoms with E-state index in [-0.39, 0.29) is 29.3 Å². The number of alkyl halides is 3. The van der Waals surface area contributed by atoms with Crippen molar-refractivity contribution in [3.8, 4) is 0 Å². The molecule has 0 radical (unpaired) electrons. The van der Waals surface area contributed by atoms with E-state index in [9.17, 15) is 22.8 Å². The summed E-state index contributed by atoms with van der Waals surface area (Å²) in [6.45, 7) is 0. The van der Waals surface area contributed by atoms with Crippen LogP contribution in [0.15, 0.2) is 30.3 Å². The lowest BCUT2D eigenvalue weighted by Crippen LogP contribution is -2.43. The molecule has 0 spiro atoms. The Morgan fingerprint density at radius 1 is 1.06 bits per heavy atom. The average molecular weight is 434 g/mol. The molecule has 2 amide bonds. The van der Waals surface area contributed by atoms with Crippen molar-refractivity contribution in [2.24, 2.45) is 5.92 Å². The smallest absolute Gasteiger partial charge is 0.349 e. The number of amides is 2. The number of carbonyl (C=O) groups is 2. The summed E-state index contributed by atoms with van der Waals surface area (Å²) in [6, 6.07) is 6.10. The summed E-state index contributed by atoms with van der Waals surface area (Å²) in [5.41, 5.74) is -0.0415. The second kappa shape index (κ2) is 8.72. The van der Waals surface area contributed by atoms with E-state index in [1.54, 1.807) is 0 Å². The van der Waals surface area contributed by atoms with Gasteiger partial charge in [0.1, 0.15) is 5.82 Å². The standard InChI is InChI=1S/C22H25F3N4O2/c23-22(24,25)16-8-4-7-14(9-16)21(31)26-17-10-15(11-17)18-12-19(29-28-18)27-20(30)13-5-2-1-3-6-13/h4,7-9,12-13,15,17H,1-3,5-6,10-11H2,(H,26,31)(H2,27,28,29,30)/t15-,17+. The lowest BCUT2D eigenvalue weighted by atomic mass is 9.78. The zero-order valence-electron chi connectivity index (χ0n) is 17.0. The van der Waals surface area contributed by atoms with Crippen LogP contribution in [0.25, 0.3) is 0 Å². The molecule has 1 aromatic carbocycles. The van der Waals surface area contributed by atoms with Crippen LogP contribution in [-0.4, -0.2) is 28.1 Å². The predicted octanol–water partition coefficient (Wildman–Crippen LogP) is 4.62. The lowest BCUT2D eigenvalue weighted by Gasteiger charge is -2.34. The number of nitrogens with one attached hydrogen (secondary N) is 3. The van der Waals surface area contributed by atoms with Crippen LogP contribution in [0.2, 0.25) is 0 Å². The molecule has 2 saturated carbocycles. The van der Waals surface area contributed by atoms with E-state index in [0.29, 0.717) is 18.7 Å². The summed E-state index contributed by atoms with van der Waals surface area (Å²) in [7, 11) is 0. The number of nitrogens with zero attached hydrogens (tertiary/aromatic N) is 1. The van der Waals surface area contributed by atoms with Crippen LogP contribution < -0.4 is 10.6 Å². The number of hydrogen-bond acceptors (Lipinski definition) is 3. The van der Waals surface area contributed by atoms with E-state index in [1.807, 2.05) is 6.07 Å². The highest BCUT2D eigenvalue weighted by Crippen LogP contribution is 2.37. The predicted molar refractivity (Wildman–Crippen MR) is 108 cm³/mol. The fourth-order valence-corrected chi connectivity index (χ4v) is 4.29. The van der Waals surface area contributed by atoms with Gasteiger partial charge >= 0.3 is 6.18 Å². The second-order valence-corrected chi connectivity index (χ2v) is 8.45. The Hall–Kier alpha value is -2.84. The summed E-state index contributed by atoms with van der Waals surface area (Å²) in [4.78, 5) is 24.6. The van der Waals surface area contributed by atoms with Gasteiger partial charge in [-0.25, -0.2) is 0 Å². The molecule has 1 heterocycles. The van der Waals surface area contributed by atoms with Crippen LogP contribution in [0.4, 0.5) is 19.0 Å². The Kier molecular flexibility index (Phi) is 6.02. The van der Waals surface area contributed by atoms with Gasteiger partial charge in [0.2, 0.25) is 5.91 Å². The number of aromatic nitrogens is 2. The highest BCUT2D eigenvalue weighted by atomic mass is 19.4. The number of hydrogen-bond donors (Lipinski definition) is 3. The van der Waals surface area contributed by atoms with Crippen molar-refractivity contribution in [2.75, 3.05) is 5.32 Å². The minimum atomic E-state index is -4.48. The number of benzene rings is 1. The molecule has 1 aromatic heterocycles. The van der Waals surface area contributed by atoms with Crippen molar-refractivity contribution in [1.82, 2.24) is 15.5 Å². The van der Waals surface area contributed by atoms with Gasteiger partial charge in [-0.1, -0.05) is 25.3 Å². The van der Waals surface area contributed by atoms with Crippen molar-refractivity contribution in [1.29, 1.82) is 0 Å². The molecule has 2 aliphatic carbocycles. The molecule has 0 aliphatic heterocycles. The van der Waals surface area contributed by atoms with E-state index in [1.165, 1.54) is 18.6 Å². The van der Waals surface area contributed by atoms with Crippen LogP contribution in [-0.2, 0) is 11.0 Å². The molecule has 2 fully saturated rings. The molecule has 0 bridgehead atoms. The van der Waals surface area contributed by atoms with Crippen molar-refractivity contribution >= 4 is 17.6 Å². The van der Waals surface area contributed by atoms with Gasteiger partial charge in [-0.05, 0) is 43.9 Å². The average Bonchev–Trinajstić information content (AvgIpc) is 3.18. The van der Waals surface area contributed by atoms with Gasteiger partial charge in [-0.2, -0.15) is 18.3 Å². The molecular weight excluding hydrogens is 409 g/mol. The summed E-state index contributed by atoms with van der Waals surface area (Å²) in [5.74, 6) is 0.261. The number of rotatable bonds is 5.